The predicted molar refractivity (Wildman–Crippen MR) is 56.8 cm³/mol. The molecule has 0 aliphatic carbocycles. The summed E-state index contributed by atoms with van der Waals surface area (Å²) < 4.78 is 0. The number of nitrogens with one attached hydrogen (secondary N) is 1. The van der Waals surface area contributed by atoms with Gasteiger partial charge >= 0.3 is 4.87 Å². The summed E-state index contributed by atoms with van der Waals surface area (Å²) >= 11 is 1.18. The van der Waals surface area contributed by atoms with E-state index in [0.29, 0.717) is 0 Å². The molecule has 0 spiro atoms. The second-order valence-electron chi connectivity index (χ2n) is 3.00. The summed E-state index contributed by atoms with van der Waals surface area (Å²) in [5, 5.41) is 9.28. The van der Waals surface area contributed by atoms with Crippen molar-refractivity contribution in [1.82, 2.24) is 4.98 Å². The SMILES string of the molecule is Cc1sc(=O)[nH]c1-c1cccc(O)c1. The van der Waals surface area contributed by atoms with Crippen LogP contribution in [0.3, 0.4) is 0 Å². The van der Waals surface area contributed by atoms with Crippen molar-refractivity contribution in [2.24, 2.45) is 0 Å². The molecule has 3 nitrogen and oxygen atoms in total. The van der Waals surface area contributed by atoms with Crippen LogP contribution in [0.25, 0.3) is 11.3 Å². The normalized spacial score (nSPS) is 10.4. The first-order chi connectivity index (χ1) is 6.66. The number of aryl methyl sites for hydroxylation is 1. The van der Waals surface area contributed by atoms with Gasteiger partial charge in [0.15, 0.2) is 0 Å². The van der Waals surface area contributed by atoms with Crippen LogP contribution in [0, 0.1) is 6.92 Å². The first kappa shape index (κ1) is 9.02. The molecule has 4 heteroatoms. The fourth-order valence-corrected chi connectivity index (χ4v) is 2.04. The molecular weight excluding hydrogens is 198 g/mol. The lowest BCUT2D eigenvalue weighted by Gasteiger charge is -1.99. The van der Waals surface area contributed by atoms with E-state index in [1.165, 1.54) is 11.3 Å². The zero-order valence-corrected chi connectivity index (χ0v) is 8.39. The van der Waals surface area contributed by atoms with Gasteiger partial charge in [-0.3, -0.25) is 4.79 Å². The van der Waals surface area contributed by atoms with Crippen LogP contribution >= 0.6 is 11.3 Å². The Kier molecular flexibility index (Phi) is 2.13. The Balaban J connectivity index is 2.59. The van der Waals surface area contributed by atoms with E-state index in [4.69, 9.17) is 0 Å². The lowest BCUT2D eigenvalue weighted by Crippen LogP contribution is -1.92. The van der Waals surface area contributed by atoms with Crippen LogP contribution < -0.4 is 4.87 Å². The number of benzene rings is 1. The minimum Gasteiger partial charge on any atom is -0.508 e. The standard InChI is InChI=1S/C10H9NO2S/c1-6-9(11-10(13)14-6)7-3-2-4-8(12)5-7/h2-5,12H,1H3,(H,11,13). The maximum absolute atomic E-state index is 11.1. The van der Waals surface area contributed by atoms with Crippen LogP contribution in [0.2, 0.25) is 0 Å². The van der Waals surface area contributed by atoms with Crippen LogP contribution in [-0.4, -0.2) is 10.1 Å². The van der Waals surface area contributed by atoms with Crippen molar-refractivity contribution in [3.63, 3.8) is 0 Å². The van der Waals surface area contributed by atoms with Crippen molar-refractivity contribution in [2.75, 3.05) is 0 Å². The summed E-state index contributed by atoms with van der Waals surface area (Å²) in [6.07, 6.45) is 0. The van der Waals surface area contributed by atoms with Gasteiger partial charge in [-0.25, -0.2) is 0 Å². The molecule has 2 aromatic rings. The molecule has 0 aliphatic heterocycles. The topological polar surface area (TPSA) is 53.1 Å². The van der Waals surface area contributed by atoms with E-state index in [9.17, 15) is 9.90 Å². The van der Waals surface area contributed by atoms with E-state index in [1.807, 2.05) is 13.0 Å². The summed E-state index contributed by atoms with van der Waals surface area (Å²) in [5.74, 6) is 0.203. The average molecular weight is 207 g/mol. The number of aromatic hydroxyl groups is 1. The molecule has 1 heterocycles. The molecule has 0 bridgehead atoms. The maximum Gasteiger partial charge on any atom is 0.305 e. The molecule has 1 aromatic heterocycles. The summed E-state index contributed by atoms with van der Waals surface area (Å²) in [6.45, 7) is 1.88. The van der Waals surface area contributed by atoms with E-state index in [2.05, 4.69) is 4.98 Å². The third-order valence-electron chi connectivity index (χ3n) is 1.96. The smallest absolute Gasteiger partial charge is 0.305 e. The second-order valence-corrected chi connectivity index (χ2v) is 4.18. The van der Waals surface area contributed by atoms with Gasteiger partial charge in [-0.15, -0.1) is 0 Å². The van der Waals surface area contributed by atoms with Gasteiger partial charge in [0.05, 0.1) is 5.69 Å². The average Bonchev–Trinajstić information content (AvgIpc) is 2.45. The van der Waals surface area contributed by atoms with Gasteiger partial charge in [0.25, 0.3) is 0 Å². The lowest BCUT2D eigenvalue weighted by molar-refractivity contribution is 0.475. The molecule has 2 N–H and O–H groups in total. The van der Waals surface area contributed by atoms with E-state index in [-0.39, 0.29) is 10.6 Å². The lowest BCUT2D eigenvalue weighted by atomic mass is 10.1. The zero-order chi connectivity index (χ0) is 10.1. The highest BCUT2D eigenvalue weighted by molar-refractivity contribution is 7.09. The first-order valence-electron chi connectivity index (χ1n) is 4.16. The van der Waals surface area contributed by atoms with Gasteiger partial charge in [-0.1, -0.05) is 23.5 Å². The van der Waals surface area contributed by atoms with Crippen molar-refractivity contribution in [1.29, 1.82) is 0 Å². The number of rotatable bonds is 1. The van der Waals surface area contributed by atoms with Crippen LogP contribution in [-0.2, 0) is 0 Å². The Morgan fingerprint density at radius 1 is 1.43 bits per heavy atom. The number of thiazole rings is 1. The number of hydrogen-bond donors (Lipinski definition) is 2. The number of H-pyrrole nitrogens is 1. The van der Waals surface area contributed by atoms with Gasteiger partial charge in [0.2, 0.25) is 0 Å². The Labute approximate surface area is 84.7 Å². The Morgan fingerprint density at radius 3 is 2.79 bits per heavy atom. The van der Waals surface area contributed by atoms with E-state index in [0.717, 1.165) is 16.1 Å². The molecule has 0 fully saturated rings. The molecule has 0 saturated heterocycles. The highest BCUT2D eigenvalue weighted by atomic mass is 32.1. The molecular formula is C10H9NO2S. The molecule has 0 unspecified atom stereocenters. The van der Waals surface area contributed by atoms with Crippen molar-refractivity contribution in [3.8, 4) is 17.0 Å². The molecule has 0 amide bonds. The number of phenolic OH excluding ortho intramolecular Hbond substituents is 1. The maximum atomic E-state index is 11.1. The van der Waals surface area contributed by atoms with Gasteiger partial charge < -0.3 is 10.1 Å². The van der Waals surface area contributed by atoms with Gasteiger partial charge in [-0.2, -0.15) is 0 Å². The van der Waals surface area contributed by atoms with Crippen molar-refractivity contribution in [2.45, 2.75) is 6.92 Å². The molecule has 0 saturated carbocycles. The minimum absolute atomic E-state index is 0.0687. The largest absolute Gasteiger partial charge is 0.508 e. The van der Waals surface area contributed by atoms with Crippen LogP contribution in [0.1, 0.15) is 4.88 Å². The Bertz CT molecular complexity index is 513. The number of aromatic nitrogens is 1. The Hall–Kier alpha value is -1.55. The highest BCUT2D eigenvalue weighted by Gasteiger charge is 2.06. The monoisotopic (exact) mass is 207 g/mol. The fraction of sp³-hybridized carbons (Fsp3) is 0.100. The van der Waals surface area contributed by atoms with Crippen molar-refractivity contribution < 1.29 is 5.11 Å². The van der Waals surface area contributed by atoms with Gasteiger partial charge in [0, 0.05) is 10.4 Å². The summed E-state index contributed by atoms with van der Waals surface area (Å²) in [6, 6.07) is 6.83. The van der Waals surface area contributed by atoms with Crippen molar-refractivity contribution in [3.05, 3.63) is 38.8 Å². The predicted octanol–water partition coefficient (Wildman–Crippen LogP) is 2.12. The summed E-state index contributed by atoms with van der Waals surface area (Å²) in [7, 11) is 0. The minimum atomic E-state index is -0.0687. The molecule has 0 atom stereocenters. The molecule has 0 aliphatic rings. The Morgan fingerprint density at radius 2 is 2.21 bits per heavy atom. The molecule has 14 heavy (non-hydrogen) atoms. The summed E-state index contributed by atoms with van der Waals surface area (Å²) in [4.78, 5) is 14.7. The molecule has 0 radical (unpaired) electrons. The molecule has 1 aromatic carbocycles. The third-order valence-corrected chi connectivity index (χ3v) is 2.76. The third kappa shape index (κ3) is 1.56. The molecule has 72 valence electrons. The summed E-state index contributed by atoms with van der Waals surface area (Å²) in [5.41, 5.74) is 1.62. The second kappa shape index (κ2) is 3.31. The van der Waals surface area contributed by atoms with Crippen LogP contribution in [0.4, 0.5) is 0 Å². The van der Waals surface area contributed by atoms with E-state index in [1.54, 1.807) is 18.2 Å². The van der Waals surface area contributed by atoms with E-state index >= 15 is 0 Å². The van der Waals surface area contributed by atoms with E-state index < -0.39 is 0 Å². The number of aromatic amines is 1. The first-order valence-corrected chi connectivity index (χ1v) is 4.97. The fourth-order valence-electron chi connectivity index (χ4n) is 1.34. The number of hydrogen-bond acceptors (Lipinski definition) is 3. The van der Waals surface area contributed by atoms with Crippen molar-refractivity contribution >= 4 is 11.3 Å². The highest BCUT2D eigenvalue weighted by Crippen LogP contribution is 2.24. The quantitative estimate of drug-likeness (QED) is 0.752. The van der Waals surface area contributed by atoms with Crippen LogP contribution in [0.5, 0.6) is 5.75 Å². The van der Waals surface area contributed by atoms with Gasteiger partial charge in [-0.05, 0) is 19.1 Å². The number of phenols is 1. The van der Waals surface area contributed by atoms with Crippen LogP contribution in [0.15, 0.2) is 29.1 Å². The van der Waals surface area contributed by atoms with Gasteiger partial charge in [0.1, 0.15) is 5.75 Å². The molecule has 2 rings (SSSR count). The zero-order valence-electron chi connectivity index (χ0n) is 7.57.